The number of benzene rings is 1. The first-order valence-corrected chi connectivity index (χ1v) is 7.70. The minimum atomic E-state index is 0.668. The van der Waals surface area contributed by atoms with E-state index >= 15 is 0 Å². The Morgan fingerprint density at radius 2 is 2.28 bits per heavy atom. The standard InChI is InChI=1S/C15H20N2S/c1-3-11-4-5-12(8-11)17-13-6-7-14-15(9-13)18-10(2)16-14/h6-7,9,11-12,17H,3-5,8H2,1-2H3. The number of fused-ring (bicyclic) bond motifs is 1. The fourth-order valence-electron chi connectivity index (χ4n) is 2.94. The van der Waals surface area contributed by atoms with Crippen LogP contribution >= 0.6 is 11.3 Å². The van der Waals surface area contributed by atoms with Crippen molar-refractivity contribution >= 4 is 27.2 Å². The molecule has 1 aliphatic rings. The van der Waals surface area contributed by atoms with Crippen LogP contribution in [-0.4, -0.2) is 11.0 Å². The van der Waals surface area contributed by atoms with Gasteiger partial charge in [-0.2, -0.15) is 0 Å². The van der Waals surface area contributed by atoms with Crippen LogP contribution in [0.5, 0.6) is 0 Å². The molecule has 0 aliphatic heterocycles. The lowest BCUT2D eigenvalue weighted by molar-refractivity contribution is 0.525. The highest BCUT2D eigenvalue weighted by Crippen LogP contribution is 2.31. The van der Waals surface area contributed by atoms with E-state index in [4.69, 9.17) is 0 Å². The highest BCUT2D eigenvalue weighted by Gasteiger charge is 2.22. The van der Waals surface area contributed by atoms with Gasteiger partial charge in [-0.05, 0) is 50.3 Å². The van der Waals surface area contributed by atoms with E-state index in [1.165, 1.54) is 36.1 Å². The third kappa shape index (κ3) is 2.37. The van der Waals surface area contributed by atoms with E-state index < -0.39 is 0 Å². The second-order valence-electron chi connectivity index (χ2n) is 5.34. The first-order valence-electron chi connectivity index (χ1n) is 6.88. The normalized spacial score (nSPS) is 23.7. The fourth-order valence-corrected chi connectivity index (χ4v) is 3.81. The first kappa shape index (κ1) is 12.0. The maximum Gasteiger partial charge on any atom is 0.0907 e. The third-order valence-electron chi connectivity index (χ3n) is 3.98. The van der Waals surface area contributed by atoms with Gasteiger partial charge in [0, 0.05) is 11.7 Å². The summed E-state index contributed by atoms with van der Waals surface area (Å²) in [5, 5.41) is 4.83. The molecule has 2 aromatic rings. The van der Waals surface area contributed by atoms with Crippen LogP contribution < -0.4 is 5.32 Å². The number of nitrogens with zero attached hydrogens (tertiary/aromatic N) is 1. The Bertz CT molecular complexity index is 546. The lowest BCUT2D eigenvalue weighted by Gasteiger charge is -2.14. The largest absolute Gasteiger partial charge is 0.382 e. The minimum Gasteiger partial charge on any atom is -0.382 e. The smallest absolute Gasteiger partial charge is 0.0907 e. The molecule has 3 heteroatoms. The lowest BCUT2D eigenvalue weighted by Crippen LogP contribution is -2.15. The molecule has 2 unspecified atom stereocenters. The molecule has 0 saturated heterocycles. The Balaban J connectivity index is 1.74. The van der Waals surface area contributed by atoms with Gasteiger partial charge in [0.1, 0.15) is 0 Å². The van der Waals surface area contributed by atoms with Crippen molar-refractivity contribution in [3.63, 3.8) is 0 Å². The van der Waals surface area contributed by atoms with Crippen molar-refractivity contribution in [1.82, 2.24) is 4.98 Å². The Labute approximate surface area is 112 Å². The summed E-state index contributed by atoms with van der Waals surface area (Å²) >= 11 is 1.78. The summed E-state index contributed by atoms with van der Waals surface area (Å²) in [7, 11) is 0. The molecule has 96 valence electrons. The van der Waals surface area contributed by atoms with E-state index in [0.29, 0.717) is 6.04 Å². The number of rotatable bonds is 3. The van der Waals surface area contributed by atoms with Crippen LogP contribution in [0.3, 0.4) is 0 Å². The van der Waals surface area contributed by atoms with Gasteiger partial charge in [-0.1, -0.05) is 13.3 Å². The van der Waals surface area contributed by atoms with Crippen molar-refractivity contribution in [3.8, 4) is 0 Å². The molecule has 1 aromatic carbocycles. The molecule has 1 aliphatic carbocycles. The van der Waals surface area contributed by atoms with Crippen molar-refractivity contribution in [1.29, 1.82) is 0 Å². The van der Waals surface area contributed by atoms with Crippen LogP contribution in [0.2, 0.25) is 0 Å². The highest BCUT2D eigenvalue weighted by atomic mass is 32.1. The van der Waals surface area contributed by atoms with E-state index in [0.717, 1.165) is 16.4 Å². The zero-order valence-electron chi connectivity index (χ0n) is 11.1. The fraction of sp³-hybridized carbons (Fsp3) is 0.533. The Kier molecular flexibility index (Phi) is 3.25. The van der Waals surface area contributed by atoms with E-state index in [-0.39, 0.29) is 0 Å². The van der Waals surface area contributed by atoms with Crippen molar-refractivity contribution in [2.24, 2.45) is 5.92 Å². The summed E-state index contributed by atoms with van der Waals surface area (Å²) in [5.74, 6) is 0.928. The molecule has 1 aromatic heterocycles. The van der Waals surface area contributed by atoms with Crippen LogP contribution in [0, 0.1) is 12.8 Å². The van der Waals surface area contributed by atoms with Gasteiger partial charge in [0.2, 0.25) is 0 Å². The molecule has 0 bridgehead atoms. The summed E-state index contributed by atoms with van der Waals surface area (Å²) in [6.07, 6.45) is 5.36. The number of hydrogen-bond acceptors (Lipinski definition) is 3. The van der Waals surface area contributed by atoms with E-state index in [1.807, 2.05) is 0 Å². The molecule has 1 heterocycles. The van der Waals surface area contributed by atoms with Gasteiger partial charge in [0.05, 0.1) is 15.2 Å². The number of anilines is 1. The number of aryl methyl sites for hydroxylation is 1. The molecular formula is C15H20N2S. The lowest BCUT2D eigenvalue weighted by atomic mass is 10.1. The van der Waals surface area contributed by atoms with Gasteiger partial charge in [-0.3, -0.25) is 0 Å². The molecule has 0 spiro atoms. The predicted octanol–water partition coefficient (Wildman–Crippen LogP) is 4.60. The van der Waals surface area contributed by atoms with Gasteiger partial charge in [-0.25, -0.2) is 4.98 Å². The molecule has 1 fully saturated rings. The van der Waals surface area contributed by atoms with E-state index in [2.05, 4.69) is 42.3 Å². The maximum atomic E-state index is 4.50. The Morgan fingerprint density at radius 1 is 1.39 bits per heavy atom. The number of nitrogens with one attached hydrogen (secondary N) is 1. The van der Waals surface area contributed by atoms with Crippen LogP contribution in [0.1, 0.15) is 37.6 Å². The average Bonchev–Trinajstić information content (AvgIpc) is 2.94. The van der Waals surface area contributed by atoms with Crippen molar-refractivity contribution in [3.05, 3.63) is 23.2 Å². The predicted molar refractivity (Wildman–Crippen MR) is 79.4 cm³/mol. The second kappa shape index (κ2) is 4.88. The SMILES string of the molecule is CCC1CCC(Nc2ccc3nc(C)sc3c2)C1. The second-order valence-corrected chi connectivity index (χ2v) is 6.58. The van der Waals surface area contributed by atoms with Crippen LogP contribution in [-0.2, 0) is 0 Å². The van der Waals surface area contributed by atoms with E-state index in [1.54, 1.807) is 11.3 Å². The molecule has 2 nitrogen and oxygen atoms in total. The summed E-state index contributed by atoms with van der Waals surface area (Å²) in [6.45, 7) is 4.37. The molecule has 1 N–H and O–H groups in total. The maximum absolute atomic E-state index is 4.50. The summed E-state index contributed by atoms with van der Waals surface area (Å²) < 4.78 is 1.29. The molecule has 18 heavy (non-hydrogen) atoms. The van der Waals surface area contributed by atoms with Gasteiger partial charge in [-0.15, -0.1) is 11.3 Å². The molecule has 3 rings (SSSR count). The molecule has 0 amide bonds. The number of aromatic nitrogens is 1. The monoisotopic (exact) mass is 260 g/mol. The molecule has 2 atom stereocenters. The van der Waals surface area contributed by atoms with Crippen LogP contribution in [0.25, 0.3) is 10.2 Å². The third-order valence-corrected chi connectivity index (χ3v) is 4.92. The highest BCUT2D eigenvalue weighted by molar-refractivity contribution is 7.18. The number of thiazole rings is 1. The Morgan fingerprint density at radius 3 is 3.06 bits per heavy atom. The quantitative estimate of drug-likeness (QED) is 0.872. The zero-order valence-corrected chi connectivity index (χ0v) is 11.9. The van der Waals surface area contributed by atoms with Gasteiger partial charge >= 0.3 is 0 Å². The van der Waals surface area contributed by atoms with Crippen LogP contribution in [0.4, 0.5) is 5.69 Å². The van der Waals surface area contributed by atoms with Crippen molar-refractivity contribution in [2.75, 3.05) is 5.32 Å². The zero-order chi connectivity index (χ0) is 12.5. The summed E-state index contributed by atoms with van der Waals surface area (Å²) in [6, 6.07) is 7.22. The van der Waals surface area contributed by atoms with Crippen molar-refractivity contribution in [2.45, 2.75) is 45.6 Å². The van der Waals surface area contributed by atoms with E-state index in [9.17, 15) is 0 Å². The molecule has 0 radical (unpaired) electrons. The topological polar surface area (TPSA) is 24.9 Å². The molecular weight excluding hydrogens is 240 g/mol. The Hall–Kier alpha value is -1.09. The minimum absolute atomic E-state index is 0.668. The first-order chi connectivity index (χ1) is 8.74. The van der Waals surface area contributed by atoms with Crippen molar-refractivity contribution < 1.29 is 0 Å². The summed E-state index contributed by atoms with van der Waals surface area (Å²) in [4.78, 5) is 4.50. The van der Waals surface area contributed by atoms with Gasteiger partial charge < -0.3 is 5.32 Å². The van der Waals surface area contributed by atoms with Gasteiger partial charge in [0.25, 0.3) is 0 Å². The van der Waals surface area contributed by atoms with Crippen LogP contribution in [0.15, 0.2) is 18.2 Å². The van der Waals surface area contributed by atoms with Gasteiger partial charge in [0.15, 0.2) is 0 Å². The average molecular weight is 260 g/mol. The summed E-state index contributed by atoms with van der Waals surface area (Å²) in [5.41, 5.74) is 2.38. The number of hydrogen-bond donors (Lipinski definition) is 1. The molecule has 1 saturated carbocycles.